The van der Waals surface area contributed by atoms with Gasteiger partial charge in [0.1, 0.15) is 17.5 Å². The van der Waals surface area contributed by atoms with Gasteiger partial charge in [0.15, 0.2) is 0 Å². The van der Waals surface area contributed by atoms with Crippen LogP contribution in [-0.4, -0.2) is 0 Å². The summed E-state index contributed by atoms with van der Waals surface area (Å²) in [5.74, 6) is 3.66. The molecule has 0 saturated carbocycles. The summed E-state index contributed by atoms with van der Waals surface area (Å²) >= 11 is 5.50. The van der Waals surface area contributed by atoms with Crippen LogP contribution in [0.15, 0.2) is 36.4 Å². The molecule has 0 heterocycles. The smallest absolute Gasteiger partial charge is 0.142 e. The van der Waals surface area contributed by atoms with Gasteiger partial charge in [0, 0.05) is 5.56 Å². The first-order valence-corrected chi connectivity index (χ1v) is 6.24. The third-order valence-electron chi connectivity index (χ3n) is 2.97. The summed E-state index contributed by atoms with van der Waals surface area (Å²) in [6, 6.07) is 6.97. The van der Waals surface area contributed by atoms with Crippen molar-refractivity contribution in [3.63, 3.8) is 0 Å². The van der Waals surface area contributed by atoms with Crippen molar-refractivity contribution in [1.29, 1.82) is 0 Å². The quantitative estimate of drug-likeness (QED) is 0.515. The van der Waals surface area contributed by atoms with Gasteiger partial charge in [-0.15, -0.1) is 0 Å². The van der Waals surface area contributed by atoms with Crippen LogP contribution < -0.4 is 11.3 Å². The third-order valence-corrected chi connectivity index (χ3v) is 3.26. The van der Waals surface area contributed by atoms with Gasteiger partial charge in [-0.3, -0.25) is 11.3 Å². The van der Waals surface area contributed by atoms with Gasteiger partial charge in [0.05, 0.1) is 11.1 Å². The Hall–Kier alpha value is -1.56. The molecule has 2 aromatic carbocycles. The van der Waals surface area contributed by atoms with Crippen molar-refractivity contribution in [2.75, 3.05) is 0 Å². The summed E-state index contributed by atoms with van der Waals surface area (Å²) in [5.41, 5.74) is 3.23. The molecule has 0 radical (unpaired) electrons. The summed E-state index contributed by atoms with van der Waals surface area (Å²) in [6.07, 6.45) is 0.286. The molecule has 0 bridgehead atoms. The molecule has 0 saturated heterocycles. The first-order valence-electron chi connectivity index (χ1n) is 5.86. The number of hydrazine groups is 1. The van der Waals surface area contributed by atoms with Crippen molar-refractivity contribution < 1.29 is 13.2 Å². The molecule has 6 heteroatoms. The first-order chi connectivity index (χ1) is 9.51. The van der Waals surface area contributed by atoms with Gasteiger partial charge in [-0.05, 0) is 36.2 Å². The van der Waals surface area contributed by atoms with E-state index in [0.29, 0.717) is 0 Å². The van der Waals surface area contributed by atoms with Crippen molar-refractivity contribution in [3.8, 4) is 0 Å². The largest absolute Gasteiger partial charge is 0.271 e. The number of benzene rings is 2. The highest BCUT2D eigenvalue weighted by molar-refractivity contribution is 6.30. The van der Waals surface area contributed by atoms with E-state index in [-0.39, 0.29) is 22.8 Å². The summed E-state index contributed by atoms with van der Waals surface area (Å²) in [5, 5.41) is -0.288. The molecule has 2 rings (SSSR count). The van der Waals surface area contributed by atoms with Crippen molar-refractivity contribution >= 4 is 11.6 Å². The zero-order valence-corrected chi connectivity index (χ0v) is 11.1. The lowest BCUT2D eigenvalue weighted by molar-refractivity contribution is 0.502. The van der Waals surface area contributed by atoms with Gasteiger partial charge in [0.25, 0.3) is 0 Å². The predicted molar refractivity (Wildman–Crippen MR) is 71.5 cm³/mol. The van der Waals surface area contributed by atoms with E-state index in [2.05, 4.69) is 5.43 Å². The van der Waals surface area contributed by atoms with Crippen LogP contribution in [0.25, 0.3) is 0 Å². The number of hydrogen-bond acceptors (Lipinski definition) is 2. The lowest BCUT2D eigenvalue weighted by atomic mass is 9.99. The van der Waals surface area contributed by atoms with Crippen LogP contribution in [0.4, 0.5) is 13.2 Å². The monoisotopic (exact) mass is 300 g/mol. The molecule has 0 aliphatic carbocycles. The molecule has 0 amide bonds. The number of nitrogens with one attached hydrogen (secondary N) is 1. The first kappa shape index (κ1) is 14.8. The summed E-state index contributed by atoms with van der Waals surface area (Å²) in [7, 11) is 0. The van der Waals surface area contributed by atoms with E-state index in [4.69, 9.17) is 17.4 Å². The van der Waals surface area contributed by atoms with E-state index in [9.17, 15) is 13.2 Å². The second-order valence-electron chi connectivity index (χ2n) is 4.34. The highest BCUT2D eigenvalue weighted by Gasteiger charge is 2.18. The standard InChI is InChI=1S/C14H12ClF3N2/c15-11-7-12(17)10(6-13(11)18)14(20-19)5-8-1-3-9(16)4-2-8/h1-4,6-7,14,20H,5,19H2. The molecule has 0 aliphatic heterocycles. The maximum atomic E-state index is 13.8. The Kier molecular flexibility index (Phi) is 4.65. The maximum Gasteiger partial charge on any atom is 0.142 e. The molecule has 2 aromatic rings. The Balaban J connectivity index is 2.28. The second kappa shape index (κ2) is 6.26. The zero-order chi connectivity index (χ0) is 14.7. The van der Waals surface area contributed by atoms with E-state index in [1.54, 1.807) is 12.1 Å². The third kappa shape index (κ3) is 3.30. The Labute approximate surface area is 119 Å². The van der Waals surface area contributed by atoms with Crippen LogP contribution in [0.2, 0.25) is 5.02 Å². The molecule has 1 unspecified atom stereocenters. The minimum Gasteiger partial charge on any atom is -0.271 e. The molecule has 0 fully saturated rings. The number of nitrogens with two attached hydrogens (primary N) is 1. The fourth-order valence-electron chi connectivity index (χ4n) is 1.92. The predicted octanol–water partition coefficient (Wildman–Crippen LogP) is 3.50. The van der Waals surface area contributed by atoms with Gasteiger partial charge in [-0.25, -0.2) is 13.2 Å². The number of hydrogen-bond donors (Lipinski definition) is 2. The topological polar surface area (TPSA) is 38.0 Å². The molecular formula is C14H12ClF3N2. The van der Waals surface area contributed by atoms with Gasteiger partial charge in [-0.2, -0.15) is 0 Å². The molecule has 2 nitrogen and oxygen atoms in total. The molecule has 0 aliphatic rings. The lowest BCUT2D eigenvalue weighted by Crippen LogP contribution is -2.30. The average molecular weight is 301 g/mol. The fourth-order valence-corrected chi connectivity index (χ4v) is 2.07. The Morgan fingerprint density at radius 2 is 1.70 bits per heavy atom. The Bertz CT molecular complexity index is 602. The molecule has 1 atom stereocenters. The SMILES string of the molecule is NNC(Cc1ccc(F)cc1)c1cc(F)c(Cl)cc1F. The number of rotatable bonds is 4. The maximum absolute atomic E-state index is 13.8. The van der Waals surface area contributed by atoms with Crippen LogP contribution in [0.1, 0.15) is 17.2 Å². The van der Waals surface area contributed by atoms with E-state index in [0.717, 1.165) is 17.7 Å². The average Bonchev–Trinajstić information content (AvgIpc) is 2.43. The lowest BCUT2D eigenvalue weighted by Gasteiger charge is -2.17. The van der Waals surface area contributed by atoms with E-state index in [1.807, 2.05) is 0 Å². The molecule has 3 N–H and O–H groups in total. The van der Waals surface area contributed by atoms with Gasteiger partial charge in [-0.1, -0.05) is 23.7 Å². The van der Waals surface area contributed by atoms with E-state index >= 15 is 0 Å². The molecular weight excluding hydrogens is 289 g/mol. The molecule has 20 heavy (non-hydrogen) atoms. The minimum atomic E-state index is -0.720. The fraction of sp³-hybridized carbons (Fsp3) is 0.143. The van der Waals surface area contributed by atoms with Crippen LogP contribution in [0.3, 0.4) is 0 Å². The molecule has 0 aromatic heterocycles. The normalized spacial score (nSPS) is 12.4. The van der Waals surface area contributed by atoms with Gasteiger partial charge >= 0.3 is 0 Å². The van der Waals surface area contributed by atoms with E-state index in [1.165, 1.54) is 12.1 Å². The van der Waals surface area contributed by atoms with Crippen molar-refractivity contribution in [2.24, 2.45) is 5.84 Å². The zero-order valence-electron chi connectivity index (χ0n) is 10.3. The van der Waals surface area contributed by atoms with E-state index < -0.39 is 17.7 Å². The Morgan fingerprint density at radius 1 is 1.05 bits per heavy atom. The van der Waals surface area contributed by atoms with Gasteiger partial charge in [0.2, 0.25) is 0 Å². The molecule has 0 spiro atoms. The highest BCUT2D eigenvalue weighted by Crippen LogP contribution is 2.26. The summed E-state index contributed by atoms with van der Waals surface area (Å²) in [6.45, 7) is 0. The number of halogens is 4. The van der Waals surface area contributed by atoms with Crippen LogP contribution >= 0.6 is 11.6 Å². The molecule has 106 valence electrons. The minimum absolute atomic E-state index is 0.0683. The van der Waals surface area contributed by atoms with Crippen LogP contribution in [0.5, 0.6) is 0 Å². The summed E-state index contributed by atoms with van der Waals surface area (Å²) in [4.78, 5) is 0. The Morgan fingerprint density at radius 3 is 2.30 bits per heavy atom. The second-order valence-corrected chi connectivity index (χ2v) is 4.74. The van der Waals surface area contributed by atoms with Crippen molar-refractivity contribution in [2.45, 2.75) is 12.5 Å². The highest BCUT2D eigenvalue weighted by atomic mass is 35.5. The van der Waals surface area contributed by atoms with Crippen LogP contribution in [-0.2, 0) is 6.42 Å². The van der Waals surface area contributed by atoms with Crippen molar-refractivity contribution in [3.05, 3.63) is 70.0 Å². The van der Waals surface area contributed by atoms with Crippen molar-refractivity contribution in [1.82, 2.24) is 5.43 Å². The van der Waals surface area contributed by atoms with Crippen LogP contribution in [0, 0.1) is 17.5 Å². The van der Waals surface area contributed by atoms with Gasteiger partial charge < -0.3 is 0 Å². The summed E-state index contributed by atoms with van der Waals surface area (Å²) < 4.78 is 40.1.